The molecule has 2 fully saturated rings. The summed E-state index contributed by atoms with van der Waals surface area (Å²) in [7, 11) is 0. The molecule has 2 aliphatic rings. The summed E-state index contributed by atoms with van der Waals surface area (Å²) in [6.07, 6.45) is 12.1. The van der Waals surface area contributed by atoms with Crippen LogP contribution in [0.4, 0.5) is 4.79 Å². The Morgan fingerprint density at radius 1 is 1.00 bits per heavy atom. The Balaban J connectivity index is 1.78. The third-order valence-electron chi connectivity index (χ3n) is 4.08. The molecule has 0 aromatic rings. The van der Waals surface area contributed by atoms with Crippen LogP contribution >= 0.6 is 23.9 Å². The van der Waals surface area contributed by atoms with Gasteiger partial charge in [0.15, 0.2) is 0 Å². The minimum Gasteiger partial charge on any atom is -0.369 e. The largest absolute Gasteiger partial charge is 0.369 e. The van der Waals surface area contributed by atoms with Crippen molar-refractivity contribution in [2.24, 2.45) is 5.73 Å². The molecule has 0 aromatic carbocycles. The standard InChI is InChI=1S/C14H26N4OS2/c15-13(16)18(21-12-9-5-2-6-10-12)14(19)17-20-11-7-3-1-4-8-11/h11-12H,1-10H2,(H3,15,16)(H,17,19). The zero-order valence-corrected chi connectivity index (χ0v) is 14.1. The van der Waals surface area contributed by atoms with E-state index in [0.717, 1.165) is 12.8 Å². The molecule has 4 N–H and O–H groups in total. The lowest BCUT2D eigenvalue weighted by molar-refractivity contribution is 0.241. The van der Waals surface area contributed by atoms with E-state index in [1.807, 2.05) is 0 Å². The number of amides is 2. The fraction of sp³-hybridized carbons (Fsp3) is 0.857. The molecule has 7 heteroatoms. The third-order valence-corrected chi connectivity index (χ3v) is 6.52. The first kappa shape index (κ1) is 16.8. The summed E-state index contributed by atoms with van der Waals surface area (Å²) in [5.74, 6) is -0.174. The first-order valence-corrected chi connectivity index (χ1v) is 9.65. The molecule has 120 valence electrons. The maximum atomic E-state index is 12.3. The van der Waals surface area contributed by atoms with Crippen molar-refractivity contribution >= 4 is 35.9 Å². The summed E-state index contributed by atoms with van der Waals surface area (Å²) in [5, 5.41) is 8.56. The molecule has 0 aliphatic heterocycles. The zero-order chi connectivity index (χ0) is 15.1. The maximum Gasteiger partial charge on any atom is 0.344 e. The predicted octanol–water partition coefficient (Wildman–Crippen LogP) is 3.85. The Bertz CT molecular complexity index is 355. The van der Waals surface area contributed by atoms with E-state index in [-0.39, 0.29) is 12.0 Å². The van der Waals surface area contributed by atoms with E-state index in [2.05, 4.69) is 4.72 Å². The number of hydrogen-bond donors (Lipinski definition) is 3. The molecule has 0 unspecified atom stereocenters. The Kier molecular flexibility index (Phi) is 7.03. The second-order valence-corrected chi connectivity index (χ2v) is 8.18. The molecular weight excluding hydrogens is 304 g/mol. The normalized spacial score (nSPS) is 21.0. The fourth-order valence-electron chi connectivity index (χ4n) is 2.89. The molecule has 0 saturated heterocycles. The van der Waals surface area contributed by atoms with Gasteiger partial charge in [-0.05, 0) is 49.6 Å². The highest BCUT2D eigenvalue weighted by Crippen LogP contribution is 2.31. The van der Waals surface area contributed by atoms with E-state index < -0.39 is 0 Å². The van der Waals surface area contributed by atoms with Crippen LogP contribution in [0, 0.1) is 5.41 Å². The van der Waals surface area contributed by atoms with Gasteiger partial charge in [-0.3, -0.25) is 10.1 Å². The lowest BCUT2D eigenvalue weighted by Gasteiger charge is -2.28. The van der Waals surface area contributed by atoms with E-state index in [4.69, 9.17) is 11.1 Å². The summed E-state index contributed by atoms with van der Waals surface area (Å²) >= 11 is 2.93. The van der Waals surface area contributed by atoms with Gasteiger partial charge < -0.3 is 5.73 Å². The van der Waals surface area contributed by atoms with Crippen molar-refractivity contribution in [1.82, 2.24) is 9.03 Å². The lowest BCUT2D eigenvalue weighted by Crippen LogP contribution is -2.42. The number of nitrogens with one attached hydrogen (secondary N) is 2. The second kappa shape index (κ2) is 8.78. The molecule has 0 spiro atoms. The minimum absolute atomic E-state index is 0.174. The second-order valence-electron chi connectivity index (χ2n) is 5.83. The maximum absolute atomic E-state index is 12.3. The monoisotopic (exact) mass is 330 g/mol. The molecule has 5 nitrogen and oxygen atoms in total. The average molecular weight is 331 g/mol. The minimum atomic E-state index is -0.256. The molecule has 0 radical (unpaired) electrons. The fourth-order valence-corrected chi connectivity index (χ4v) is 4.97. The number of carbonyl (C=O) groups is 1. The van der Waals surface area contributed by atoms with E-state index in [9.17, 15) is 4.79 Å². The van der Waals surface area contributed by atoms with Crippen LogP contribution in [-0.2, 0) is 0 Å². The van der Waals surface area contributed by atoms with Crippen molar-refractivity contribution in [1.29, 1.82) is 5.41 Å². The Hall–Kier alpha value is -0.560. The first-order valence-electron chi connectivity index (χ1n) is 7.93. The molecule has 0 heterocycles. The molecule has 2 aliphatic carbocycles. The molecule has 2 rings (SSSR count). The van der Waals surface area contributed by atoms with Gasteiger partial charge in [-0.1, -0.05) is 38.5 Å². The summed E-state index contributed by atoms with van der Waals surface area (Å²) < 4.78 is 4.21. The number of carbonyl (C=O) groups excluding carboxylic acids is 1. The van der Waals surface area contributed by atoms with Crippen LogP contribution in [-0.4, -0.2) is 26.8 Å². The first-order chi connectivity index (χ1) is 10.2. The summed E-state index contributed by atoms with van der Waals surface area (Å²) in [6, 6.07) is -0.256. The topological polar surface area (TPSA) is 82.2 Å². The molecule has 2 amide bonds. The number of nitrogens with two attached hydrogens (primary N) is 1. The Labute approximate surface area is 135 Å². The summed E-state index contributed by atoms with van der Waals surface area (Å²) in [4.78, 5) is 12.3. The molecule has 0 bridgehead atoms. The smallest absolute Gasteiger partial charge is 0.344 e. The van der Waals surface area contributed by atoms with Gasteiger partial charge in [-0.15, -0.1) is 0 Å². The zero-order valence-electron chi connectivity index (χ0n) is 12.5. The number of guanidine groups is 1. The highest BCUT2D eigenvalue weighted by atomic mass is 32.2. The molecular formula is C14H26N4OS2. The van der Waals surface area contributed by atoms with Gasteiger partial charge >= 0.3 is 6.03 Å². The third kappa shape index (κ3) is 5.62. The molecule has 0 aromatic heterocycles. The van der Waals surface area contributed by atoms with Crippen LogP contribution in [0.2, 0.25) is 0 Å². The van der Waals surface area contributed by atoms with Gasteiger partial charge in [0.25, 0.3) is 0 Å². The summed E-state index contributed by atoms with van der Waals surface area (Å²) in [6.45, 7) is 0. The van der Waals surface area contributed by atoms with Crippen LogP contribution < -0.4 is 10.5 Å². The van der Waals surface area contributed by atoms with Crippen LogP contribution in [0.3, 0.4) is 0 Å². The van der Waals surface area contributed by atoms with Gasteiger partial charge in [-0.25, -0.2) is 9.10 Å². The van der Waals surface area contributed by atoms with E-state index in [0.29, 0.717) is 10.5 Å². The van der Waals surface area contributed by atoms with Crippen molar-refractivity contribution in [2.45, 2.75) is 74.7 Å². The van der Waals surface area contributed by atoms with Gasteiger partial charge in [0.2, 0.25) is 5.96 Å². The van der Waals surface area contributed by atoms with Gasteiger partial charge in [0, 0.05) is 10.5 Å². The summed E-state index contributed by atoms with van der Waals surface area (Å²) in [5.41, 5.74) is 5.58. The van der Waals surface area contributed by atoms with Gasteiger partial charge in [0.05, 0.1) is 0 Å². The lowest BCUT2D eigenvalue weighted by atomic mass is 10.0. The number of rotatable bonds is 4. The highest BCUT2D eigenvalue weighted by Gasteiger charge is 2.25. The molecule has 2 saturated carbocycles. The highest BCUT2D eigenvalue weighted by molar-refractivity contribution is 7.99. The Morgan fingerprint density at radius 3 is 2.05 bits per heavy atom. The van der Waals surface area contributed by atoms with E-state index in [1.165, 1.54) is 79.6 Å². The molecule has 21 heavy (non-hydrogen) atoms. The SMILES string of the molecule is N=C(N)N(SC1CCCCC1)C(=O)NSC1CCCCC1. The van der Waals surface area contributed by atoms with E-state index >= 15 is 0 Å². The quantitative estimate of drug-likeness (QED) is 0.415. The van der Waals surface area contributed by atoms with Crippen LogP contribution in [0.25, 0.3) is 0 Å². The number of hydrogen-bond acceptors (Lipinski definition) is 4. The van der Waals surface area contributed by atoms with Crippen molar-refractivity contribution in [2.75, 3.05) is 0 Å². The van der Waals surface area contributed by atoms with Gasteiger partial charge in [0.1, 0.15) is 0 Å². The van der Waals surface area contributed by atoms with Crippen molar-refractivity contribution in [3.05, 3.63) is 0 Å². The Morgan fingerprint density at radius 2 is 1.52 bits per heavy atom. The van der Waals surface area contributed by atoms with Crippen molar-refractivity contribution in [3.63, 3.8) is 0 Å². The van der Waals surface area contributed by atoms with Crippen LogP contribution in [0.15, 0.2) is 0 Å². The predicted molar refractivity (Wildman–Crippen MR) is 91.2 cm³/mol. The number of nitrogens with zero attached hydrogens (tertiary/aromatic N) is 1. The van der Waals surface area contributed by atoms with Crippen LogP contribution in [0.5, 0.6) is 0 Å². The average Bonchev–Trinajstić information content (AvgIpc) is 2.52. The van der Waals surface area contributed by atoms with Crippen molar-refractivity contribution in [3.8, 4) is 0 Å². The van der Waals surface area contributed by atoms with Gasteiger partial charge in [-0.2, -0.15) is 0 Å². The number of urea groups is 1. The van der Waals surface area contributed by atoms with Crippen molar-refractivity contribution < 1.29 is 4.79 Å². The van der Waals surface area contributed by atoms with E-state index in [1.54, 1.807) is 0 Å². The molecule has 0 atom stereocenters. The van der Waals surface area contributed by atoms with Crippen LogP contribution in [0.1, 0.15) is 64.2 Å².